The summed E-state index contributed by atoms with van der Waals surface area (Å²) in [7, 11) is 0. The molecule has 186 valence electrons. The smallest absolute Gasteiger partial charge is 0.310 e. The summed E-state index contributed by atoms with van der Waals surface area (Å²) in [6.45, 7) is 3.66. The van der Waals surface area contributed by atoms with E-state index in [4.69, 9.17) is 16.3 Å². The molecule has 0 spiro atoms. The maximum atomic E-state index is 12.9. The number of para-hydroxylation sites is 3. The SMILES string of the molecule is Cc1ccc(C(=O)N2CCN(c3c(Cl)cccc3NC(=O)COc3ccccc3[N+](=O)[O-])CC2)cc1. The highest BCUT2D eigenvalue weighted by Gasteiger charge is 2.25. The summed E-state index contributed by atoms with van der Waals surface area (Å²) in [5.74, 6) is -0.488. The Hall–Kier alpha value is -4.11. The van der Waals surface area contributed by atoms with Crippen LogP contribution in [0, 0.1) is 17.0 Å². The number of nitrogens with one attached hydrogen (secondary N) is 1. The Morgan fingerprint density at radius 1 is 1.00 bits per heavy atom. The van der Waals surface area contributed by atoms with Gasteiger partial charge >= 0.3 is 5.69 Å². The van der Waals surface area contributed by atoms with Gasteiger partial charge in [0.1, 0.15) is 0 Å². The number of carbonyl (C=O) groups excluding carboxylic acids is 2. The van der Waals surface area contributed by atoms with E-state index >= 15 is 0 Å². The minimum absolute atomic E-state index is 0.0123. The molecule has 0 atom stereocenters. The number of ether oxygens (including phenoxy) is 1. The first-order valence-electron chi connectivity index (χ1n) is 11.4. The van der Waals surface area contributed by atoms with E-state index in [0.29, 0.717) is 48.1 Å². The van der Waals surface area contributed by atoms with E-state index in [-0.39, 0.29) is 17.3 Å². The molecule has 0 unspecified atom stereocenters. The third-order valence-corrected chi connectivity index (χ3v) is 6.17. The Balaban J connectivity index is 1.40. The molecule has 10 heteroatoms. The standard InChI is InChI=1S/C26H25ClN4O5/c1-18-9-11-19(12-10-18)26(33)30-15-13-29(14-16-30)25-20(27)5-4-6-21(25)28-24(32)17-36-23-8-3-2-7-22(23)31(34)35/h2-12H,13-17H2,1H3,(H,28,32). The second-order valence-corrected chi connectivity index (χ2v) is 8.75. The lowest BCUT2D eigenvalue weighted by Crippen LogP contribution is -2.49. The largest absolute Gasteiger partial charge is 0.477 e. The number of aryl methyl sites for hydroxylation is 1. The van der Waals surface area contributed by atoms with Gasteiger partial charge in [-0.2, -0.15) is 0 Å². The van der Waals surface area contributed by atoms with E-state index in [1.807, 2.05) is 36.1 Å². The number of rotatable bonds is 7. The average molecular weight is 509 g/mol. The van der Waals surface area contributed by atoms with Crippen LogP contribution in [0.5, 0.6) is 5.75 Å². The Morgan fingerprint density at radius 2 is 1.69 bits per heavy atom. The number of carbonyl (C=O) groups is 2. The highest BCUT2D eigenvalue weighted by molar-refractivity contribution is 6.34. The van der Waals surface area contributed by atoms with Crippen molar-refractivity contribution in [3.05, 3.63) is 93.0 Å². The number of piperazine rings is 1. The Labute approximate surface area is 213 Å². The molecule has 1 fully saturated rings. The van der Waals surface area contributed by atoms with Crippen molar-refractivity contribution in [2.24, 2.45) is 0 Å². The molecule has 4 rings (SSSR count). The molecule has 3 aromatic rings. The highest BCUT2D eigenvalue weighted by Crippen LogP contribution is 2.35. The van der Waals surface area contributed by atoms with Crippen LogP contribution in [0.15, 0.2) is 66.7 Å². The van der Waals surface area contributed by atoms with Gasteiger partial charge in [0.2, 0.25) is 0 Å². The normalized spacial score (nSPS) is 13.3. The molecular weight excluding hydrogens is 484 g/mol. The van der Waals surface area contributed by atoms with Crippen LogP contribution in [0.4, 0.5) is 17.1 Å². The number of nitrogens with zero attached hydrogens (tertiary/aromatic N) is 3. The molecular formula is C26H25ClN4O5. The van der Waals surface area contributed by atoms with Crippen LogP contribution in [0.2, 0.25) is 5.02 Å². The summed E-state index contributed by atoms with van der Waals surface area (Å²) in [4.78, 5) is 39.9. The first kappa shape index (κ1) is 25.0. The van der Waals surface area contributed by atoms with Crippen LogP contribution >= 0.6 is 11.6 Å². The molecule has 1 N–H and O–H groups in total. The average Bonchev–Trinajstić information content (AvgIpc) is 2.88. The van der Waals surface area contributed by atoms with Crippen molar-refractivity contribution < 1.29 is 19.2 Å². The summed E-state index contributed by atoms with van der Waals surface area (Å²) in [5.41, 5.74) is 2.68. The van der Waals surface area contributed by atoms with Gasteiger partial charge in [-0.15, -0.1) is 0 Å². The quantitative estimate of drug-likeness (QED) is 0.371. The molecule has 1 aliphatic rings. The summed E-state index contributed by atoms with van der Waals surface area (Å²) < 4.78 is 5.39. The maximum Gasteiger partial charge on any atom is 0.310 e. The van der Waals surface area contributed by atoms with Crippen molar-refractivity contribution in [2.75, 3.05) is 43.0 Å². The first-order chi connectivity index (χ1) is 17.3. The first-order valence-corrected chi connectivity index (χ1v) is 11.8. The zero-order chi connectivity index (χ0) is 25.7. The third-order valence-electron chi connectivity index (χ3n) is 5.86. The Bertz CT molecular complexity index is 1270. The van der Waals surface area contributed by atoms with Gasteiger partial charge < -0.3 is 19.9 Å². The van der Waals surface area contributed by atoms with E-state index in [9.17, 15) is 19.7 Å². The number of benzene rings is 3. The lowest BCUT2D eigenvalue weighted by molar-refractivity contribution is -0.385. The summed E-state index contributed by atoms with van der Waals surface area (Å²) >= 11 is 6.50. The van der Waals surface area contributed by atoms with Crippen molar-refractivity contribution in [3.8, 4) is 5.75 Å². The van der Waals surface area contributed by atoms with Crippen molar-refractivity contribution in [1.82, 2.24) is 4.90 Å². The van der Waals surface area contributed by atoms with Crippen molar-refractivity contribution in [3.63, 3.8) is 0 Å². The van der Waals surface area contributed by atoms with E-state index in [1.54, 1.807) is 29.2 Å². The molecule has 0 saturated carbocycles. The molecule has 1 heterocycles. The molecule has 3 aromatic carbocycles. The molecule has 1 aliphatic heterocycles. The van der Waals surface area contributed by atoms with Gasteiger partial charge in [-0.3, -0.25) is 19.7 Å². The van der Waals surface area contributed by atoms with Crippen LogP contribution in [0.1, 0.15) is 15.9 Å². The van der Waals surface area contributed by atoms with Gasteiger partial charge in [0.15, 0.2) is 12.4 Å². The van der Waals surface area contributed by atoms with Gasteiger partial charge in [0, 0.05) is 37.8 Å². The number of anilines is 2. The van der Waals surface area contributed by atoms with Gasteiger partial charge in [0.05, 0.1) is 21.3 Å². The van der Waals surface area contributed by atoms with Crippen molar-refractivity contribution >= 4 is 40.5 Å². The maximum absolute atomic E-state index is 12.9. The number of nitro groups is 1. The van der Waals surface area contributed by atoms with Gasteiger partial charge in [-0.1, -0.05) is 47.5 Å². The summed E-state index contributed by atoms with van der Waals surface area (Å²) in [6, 6.07) is 18.6. The zero-order valence-corrected chi connectivity index (χ0v) is 20.4. The number of halogens is 1. The monoisotopic (exact) mass is 508 g/mol. The predicted octanol–water partition coefficient (Wildman–Crippen LogP) is 4.54. The van der Waals surface area contributed by atoms with E-state index in [2.05, 4.69) is 5.32 Å². The molecule has 0 radical (unpaired) electrons. The molecule has 9 nitrogen and oxygen atoms in total. The zero-order valence-electron chi connectivity index (χ0n) is 19.6. The van der Waals surface area contributed by atoms with Crippen LogP contribution in [0.3, 0.4) is 0 Å². The Kier molecular flexibility index (Phi) is 7.70. The van der Waals surface area contributed by atoms with E-state index < -0.39 is 17.4 Å². The van der Waals surface area contributed by atoms with E-state index in [0.717, 1.165) is 5.56 Å². The van der Waals surface area contributed by atoms with Gasteiger partial charge in [0.25, 0.3) is 11.8 Å². The van der Waals surface area contributed by atoms with Crippen LogP contribution in [-0.2, 0) is 4.79 Å². The number of hydrogen-bond donors (Lipinski definition) is 1. The van der Waals surface area contributed by atoms with Crippen molar-refractivity contribution in [1.29, 1.82) is 0 Å². The minimum Gasteiger partial charge on any atom is -0.477 e. The van der Waals surface area contributed by atoms with Crippen molar-refractivity contribution in [2.45, 2.75) is 6.92 Å². The van der Waals surface area contributed by atoms with Gasteiger partial charge in [-0.25, -0.2) is 0 Å². The van der Waals surface area contributed by atoms with Crippen LogP contribution in [-0.4, -0.2) is 54.4 Å². The lowest BCUT2D eigenvalue weighted by atomic mass is 10.1. The molecule has 0 bridgehead atoms. The fourth-order valence-electron chi connectivity index (χ4n) is 4.01. The summed E-state index contributed by atoms with van der Waals surface area (Å²) in [5, 5.41) is 14.4. The topological polar surface area (TPSA) is 105 Å². The highest BCUT2D eigenvalue weighted by atomic mass is 35.5. The molecule has 0 aliphatic carbocycles. The van der Waals surface area contributed by atoms with Crippen LogP contribution in [0.25, 0.3) is 0 Å². The second-order valence-electron chi connectivity index (χ2n) is 8.34. The predicted molar refractivity (Wildman–Crippen MR) is 138 cm³/mol. The fraction of sp³-hybridized carbons (Fsp3) is 0.231. The second kappa shape index (κ2) is 11.1. The molecule has 0 aromatic heterocycles. The number of nitro benzene ring substituents is 1. The third kappa shape index (κ3) is 5.75. The minimum atomic E-state index is -0.564. The summed E-state index contributed by atoms with van der Waals surface area (Å²) in [6.07, 6.45) is 0. The van der Waals surface area contributed by atoms with E-state index in [1.165, 1.54) is 18.2 Å². The lowest BCUT2D eigenvalue weighted by Gasteiger charge is -2.37. The fourth-order valence-corrected chi connectivity index (χ4v) is 4.30. The number of amides is 2. The molecule has 36 heavy (non-hydrogen) atoms. The van der Waals surface area contributed by atoms with Crippen LogP contribution < -0.4 is 15.0 Å². The molecule has 1 saturated heterocycles. The van der Waals surface area contributed by atoms with Gasteiger partial charge in [-0.05, 0) is 37.3 Å². The molecule has 2 amide bonds. The number of hydrogen-bond acceptors (Lipinski definition) is 6. The Morgan fingerprint density at radius 3 is 2.39 bits per heavy atom.